The van der Waals surface area contributed by atoms with E-state index >= 15 is 0 Å². The summed E-state index contributed by atoms with van der Waals surface area (Å²) in [5, 5.41) is 8.19. The molecule has 2 aromatic carbocycles. The Hall–Kier alpha value is -4.23. The van der Waals surface area contributed by atoms with E-state index in [2.05, 4.69) is 20.9 Å². The van der Waals surface area contributed by atoms with Crippen LogP contribution in [0.5, 0.6) is 5.75 Å². The molecule has 0 unspecified atom stereocenters. The predicted molar refractivity (Wildman–Crippen MR) is 157 cm³/mol. The first-order valence-corrected chi connectivity index (χ1v) is 14.3. The van der Waals surface area contributed by atoms with Crippen LogP contribution in [-0.4, -0.2) is 60.9 Å². The van der Waals surface area contributed by atoms with E-state index < -0.39 is 30.2 Å². The lowest BCUT2D eigenvalue weighted by Gasteiger charge is -2.18. The molecule has 12 nitrogen and oxygen atoms in total. The van der Waals surface area contributed by atoms with E-state index in [0.29, 0.717) is 41.3 Å². The zero-order chi connectivity index (χ0) is 29.6. The maximum Gasteiger partial charge on any atom is 0.407 e. The first-order chi connectivity index (χ1) is 19.8. The van der Waals surface area contributed by atoms with Gasteiger partial charge >= 0.3 is 18.1 Å². The van der Waals surface area contributed by atoms with Crippen LogP contribution in [0.2, 0.25) is 0 Å². The maximum atomic E-state index is 12.6. The highest BCUT2D eigenvalue weighted by atomic mass is 32.2. The second-order valence-corrected chi connectivity index (χ2v) is 9.85. The minimum Gasteiger partial charge on any atom is -0.496 e. The second kappa shape index (κ2) is 16.1. The number of hydrogen-bond donors (Lipinski definition) is 4. The number of oxazole rings is 1. The van der Waals surface area contributed by atoms with E-state index in [1.807, 2.05) is 13.2 Å². The van der Waals surface area contributed by atoms with Crippen molar-refractivity contribution in [1.82, 2.24) is 10.3 Å². The summed E-state index contributed by atoms with van der Waals surface area (Å²) in [6, 6.07) is 11.0. The molecule has 0 aliphatic carbocycles. The van der Waals surface area contributed by atoms with E-state index in [-0.39, 0.29) is 13.2 Å². The lowest BCUT2D eigenvalue weighted by molar-refractivity contribution is -0.148. The number of carbonyl (C=O) groups excluding carboxylic acids is 3. The number of esters is 1. The van der Waals surface area contributed by atoms with Crippen LogP contribution in [0.4, 0.5) is 21.0 Å². The summed E-state index contributed by atoms with van der Waals surface area (Å²) in [4.78, 5) is 40.8. The summed E-state index contributed by atoms with van der Waals surface area (Å²) >= 11 is 1.60. The lowest BCUT2D eigenvalue weighted by atomic mass is 10.1. The van der Waals surface area contributed by atoms with Gasteiger partial charge in [-0.3, -0.25) is 4.79 Å². The number of nitrogens with one attached hydrogen (secondary N) is 3. The van der Waals surface area contributed by atoms with Gasteiger partial charge in [-0.05, 0) is 54.7 Å². The van der Waals surface area contributed by atoms with E-state index in [1.54, 1.807) is 60.4 Å². The number of carbonyl (C=O) groups is 3. The molecular formula is C28H35N5O7S. The summed E-state index contributed by atoms with van der Waals surface area (Å²) < 4.78 is 21.3. The Morgan fingerprint density at radius 3 is 2.59 bits per heavy atom. The Kier molecular flexibility index (Phi) is 12.3. The molecule has 0 spiro atoms. The molecule has 3 rings (SSSR count). The number of urea groups is 1. The quantitative estimate of drug-likeness (QED) is 0.196. The zero-order valence-electron chi connectivity index (χ0n) is 23.2. The number of anilines is 2. The van der Waals surface area contributed by atoms with Crippen LogP contribution in [0.15, 0.2) is 59.5 Å². The number of amides is 3. The highest BCUT2D eigenvalue weighted by Crippen LogP contribution is 2.32. The van der Waals surface area contributed by atoms with Crippen molar-refractivity contribution in [1.29, 1.82) is 0 Å². The number of alkyl carbamates (subject to hydrolysis) is 1. The number of aromatic nitrogens is 1. The molecule has 0 fully saturated rings. The van der Waals surface area contributed by atoms with Crippen molar-refractivity contribution in [3.8, 4) is 17.1 Å². The third-order valence-electron chi connectivity index (χ3n) is 5.86. The van der Waals surface area contributed by atoms with Crippen LogP contribution in [0.25, 0.3) is 11.3 Å². The normalized spacial score (nSPS) is 12.1. The van der Waals surface area contributed by atoms with Gasteiger partial charge in [0.15, 0.2) is 12.2 Å². The molecule has 220 valence electrons. The Balaban J connectivity index is 1.47. The third kappa shape index (κ3) is 10.0. The topological polar surface area (TPSA) is 167 Å². The third-order valence-corrected chi connectivity index (χ3v) is 6.50. The molecule has 0 bridgehead atoms. The molecule has 0 saturated carbocycles. The first kappa shape index (κ1) is 31.3. The smallest absolute Gasteiger partial charge is 0.407 e. The summed E-state index contributed by atoms with van der Waals surface area (Å²) in [5.74, 6) is 1.29. The summed E-state index contributed by atoms with van der Waals surface area (Å²) in [6.45, 7) is 1.91. The Bertz CT molecular complexity index is 1290. The molecule has 3 aromatic rings. The van der Waals surface area contributed by atoms with Crippen molar-refractivity contribution in [3.05, 3.63) is 60.6 Å². The largest absolute Gasteiger partial charge is 0.496 e. The summed E-state index contributed by atoms with van der Waals surface area (Å²) in [7, 11) is 1.52. The average molecular weight is 586 g/mol. The summed E-state index contributed by atoms with van der Waals surface area (Å²) in [5.41, 5.74) is 8.28. The number of rotatable bonds is 14. The van der Waals surface area contributed by atoms with Crippen molar-refractivity contribution in [2.75, 3.05) is 36.4 Å². The van der Waals surface area contributed by atoms with Gasteiger partial charge in [0.1, 0.15) is 24.5 Å². The molecule has 3 amide bonds. The number of thioether (sulfide) groups is 1. The van der Waals surface area contributed by atoms with Gasteiger partial charge in [-0.1, -0.05) is 19.1 Å². The Labute approximate surface area is 242 Å². The van der Waals surface area contributed by atoms with Crippen LogP contribution in [0.1, 0.15) is 25.3 Å². The SMILES string of the molecule is CC[C@H](COC(=O)[C@H](N)CCSC)OC(=O)NCc1cccc(NC(=O)Nc2ccc(-c3cnco3)c(OC)c2)c1. The molecule has 2 atom stereocenters. The van der Waals surface area contributed by atoms with Crippen molar-refractivity contribution >= 4 is 41.2 Å². The molecule has 0 radical (unpaired) electrons. The predicted octanol–water partition coefficient (Wildman–Crippen LogP) is 4.62. The number of methoxy groups -OCH3 is 1. The van der Waals surface area contributed by atoms with E-state index in [9.17, 15) is 14.4 Å². The lowest BCUT2D eigenvalue weighted by Crippen LogP contribution is -2.36. The van der Waals surface area contributed by atoms with Crippen LogP contribution in [0.3, 0.4) is 0 Å². The molecule has 0 saturated heterocycles. The molecule has 1 heterocycles. The van der Waals surface area contributed by atoms with Crippen LogP contribution < -0.4 is 26.4 Å². The zero-order valence-corrected chi connectivity index (χ0v) is 24.0. The van der Waals surface area contributed by atoms with E-state index in [0.717, 1.165) is 11.3 Å². The fourth-order valence-electron chi connectivity index (χ4n) is 3.62. The fraction of sp³-hybridized carbons (Fsp3) is 0.357. The molecule has 0 aliphatic rings. The molecule has 1 aromatic heterocycles. The fourth-order valence-corrected chi connectivity index (χ4v) is 4.11. The van der Waals surface area contributed by atoms with Crippen LogP contribution >= 0.6 is 11.8 Å². The van der Waals surface area contributed by atoms with Gasteiger partial charge in [0.05, 0.1) is 18.9 Å². The highest BCUT2D eigenvalue weighted by molar-refractivity contribution is 7.98. The standard InChI is InChI=1S/C28H35N5O7S/c1-4-21(16-38-26(34)23(29)10-11-41-3)40-28(36)31-14-18-6-5-7-19(12-18)32-27(35)33-20-8-9-22(24(13-20)37-2)25-15-30-17-39-25/h5-9,12-13,15,17,21,23H,4,10-11,14,16,29H2,1-3H3,(H,31,36)(H2,32,33,35)/t21-,23-/m1/s1. The minimum absolute atomic E-state index is 0.0705. The number of ether oxygens (including phenoxy) is 3. The van der Waals surface area contributed by atoms with Gasteiger partial charge in [-0.15, -0.1) is 0 Å². The average Bonchev–Trinajstić information content (AvgIpc) is 3.51. The van der Waals surface area contributed by atoms with Crippen molar-refractivity contribution < 1.29 is 33.0 Å². The van der Waals surface area contributed by atoms with Gasteiger partial charge in [-0.2, -0.15) is 11.8 Å². The number of nitrogens with zero attached hydrogens (tertiary/aromatic N) is 1. The van der Waals surface area contributed by atoms with E-state index in [4.69, 9.17) is 24.4 Å². The second-order valence-electron chi connectivity index (χ2n) is 8.87. The van der Waals surface area contributed by atoms with Gasteiger partial charge in [0.2, 0.25) is 0 Å². The Morgan fingerprint density at radius 1 is 1.12 bits per heavy atom. The summed E-state index contributed by atoms with van der Waals surface area (Å²) in [6.07, 6.45) is 4.55. The molecular weight excluding hydrogens is 550 g/mol. The van der Waals surface area contributed by atoms with Gasteiger partial charge in [-0.25, -0.2) is 14.6 Å². The molecule has 5 N–H and O–H groups in total. The number of benzene rings is 2. The van der Waals surface area contributed by atoms with Gasteiger partial charge in [0, 0.05) is 24.0 Å². The van der Waals surface area contributed by atoms with E-state index in [1.165, 1.54) is 13.5 Å². The monoisotopic (exact) mass is 585 g/mol. The molecule has 13 heteroatoms. The minimum atomic E-state index is -0.703. The van der Waals surface area contributed by atoms with Crippen molar-refractivity contribution in [2.45, 2.75) is 38.5 Å². The first-order valence-electron chi connectivity index (χ1n) is 12.9. The Morgan fingerprint density at radius 2 is 1.90 bits per heavy atom. The van der Waals surface area contributed by atoms with Crippen LogP contribution in [-0.2, 0) is 20.8 Å². The van der Waals surface area contributed by atoms with Crippen molar-refractivity contribution in [2.24, 2.45) is 5.73 Å². The van der Waals surface area contributed by atoms with Gasteiger partial charge < -0.3 is 40.3 Å². The molecule has 0 aliphatic heterocycles. The number of nitrogens with two attached hydrogens (primary N) is 1. The molecule has 41 heavy (non-hydrogen) atoms. The van der Waals surface area contributed by atoms with Crippen LogP contribution in [0, 0.1) is 0 Å². The van der Waals surface area contributed by atoms with Gasteiger partial charge in [0.25, 0.3) is 0 Å². The highest BCUT2D eigenvalue weighted by Gasteiger charge is 2.19. The number of hydrogen-bond acceptors (Lipinski definition) is 10. The maximum absolute atomic E-state index is 12.6. The van der Waals surface area contributed by atoms with Crippen molar-refractivity contribution in [3.63, 3.8) is 0 Å².